The van der Waals surface area contributed by atoms with E-state index in [1.807, 2.05) is 17.4 Å². The van der Waals surface area contributed by atoms with Crippen molar-refractivity contribution in [2.45, 2.75) is 79.5 Å². The Morgan fingerprint density at radius 2 is 1.63 bits per heavy atom. The van der Waals surface area contributed by atoms with Crippen LogP contribution >= 0.6 is 11.3 Å². The summed E-state index contributed by atoms with van der Waals surface area (Å²) in [4.78, 5) is 12.9. The minimum absolute atomic E-state index is 0.0988. The maximum absolute atomic E-state index is 11.9. The van der Waals surface area contributed by atoms with E-state index >= 15 is 0 Å². The van der Waals surface area contributed by atoms with Gasteiger partial charge in [0.25, 0.3) is 0 Å². The second kappa shape index (κ2) is 13.4. The Balaban J connectivity index is 3.19. The molecule has 0 unspecified atom stereocenters. The van der Waals surface area contributed by atoms with Crippen LogP contribution < -0.4 is 2.89 Å². The first-order valence-electron chi connectivity index (χ1n) is 10.5. The Hall–Kier alpha value is -0.801. The summed E-state index contributed by atoms with van der Waals surface area (Å²) >= 11 is -0.599. The van der Waals surface area contributed by atoms with Crippen LogP contribution in [0.1, 0.15) is 71.1 Å². The minimum atomic E-state index is -2.43. The van der Waals surface area contributed by atoms with Crippen molar-refractivity contribution in [3.63, 3.8) is 0 Å². The van der Waals surface area contributed by atoms with Crippen molar-refractivity contribution in [3.05, 3.63) is 22.6 Å². The fraction of sp³-hybridized carbons (Fsp3) is 0.636. The van der Waals surface area contributed by atoms with Crippen molar-refractivity contribution >= 4 is 44.7 Å². The topological polar surface area (TPSA) is 50.1 Å². The molecule has 0 atom stereocenters. The summed E-state index contributed by atoms with van der Waals surface area (Å²) in [7, 11) is 0. The number of hydrogen-bond donors (Lipinski definition) is 0. The second-order valence-corrected chi connectivity index (χ2v) is 22.5. The summed E-state index contributed by atoms with van der Waals surface area (Å²) in [6.45, 7) is 8.92. The van der Waals surface area contributed by atoms with E-state index in [-0.39, 0.29) is 12.2 Å². The van der Waals surface area contributed by atoms with Gasteiger partial charge in [-0.1, -0.05) is 0 Å². The molecule has 1 aromatic rings. The van der Waals surface area contributed by atoms with Gasteiger partial charge in [0.1, 0.15) is 0 Å². The van der Waals surface area contributed by atoms with E-state index in [2.05, 4.69) is 32.9 Å². The van der Waals surface area contributed by atoms with Crippen LogP contribution in [0.25, 0.3) is 6.08 Å². The number of carbonyl (C=O) groups excluding carboxylic acids is 1. The molecule has 0 aromatic carbocycles. The molecule has 27 heavy (non-hydrogen) atoms. The SMILES string of the molecule is CCC[CH2][Sn]([CH2]CCC)([CH2]CCC)[c]1ccc(/C=C(/C#N)C(=O)OCC)s1. The van der Waals surface area contributed by atoms with Gasteiger partial charge in [0.2, 0.25) is 0 Å². The van der Waals surface area contributed by atoms with Crippen LogP contribution in [0.2, 0.25) is 13.3 Å². The third-order valence-electron chi connectivity index (χ3n) is 5.08. The molecular formula is C22H35NO2SSn. The number of unbranched alkanes of at least 4 members (excludes halogenated alkanes) is 3. The molecular weight excluding hydrogens is 461 g/mol. The van der Waals surface area contributed by atoms with E-state index in [0.29, 0.717) is 0 Å². The van der Waals surface area contributed by atoms with Crippen molar-refractivity contribution in [1.29, 1.82) is 5.26 Å². The quantitative estimate of drug-likeness (QED) is 0.140. The molecule has 0 aliphatic rings. The monoisotopic (exact) mass is 497 g/mol. The Morgan fingerprint density at radius 1 is 1.07 bits per heavy atom. The average Bonchev–Trinajstić information content (AvgIpc) is 3.15. The zero-order chi connectivity index (χ0) is 20.1. The van der Waals surface area contributed by atoms with E-state index in [9.17, 15) is 10.1 Å². The first-order chi connectivity index (χ1) is 13.1. The predicted molar refractivity (Wildman–Crippen MR) is 119 cm³/mol. The molecule has 0 N–H and O–H groups in total. The standard InChI is InChI=1S/C10H8NO2S.3C4H9.Sn/c1-2-13-10(12)8(7-11)6-9-4-3-5-14-9;3*1-3-4-2;/h3-4,6H,2H2,1H3;3*1,3-4H2,2H3;/b8-6-;;;;. The summed E-state index contributed by atoms with van der Waals surface area (Å²) in [6.07, 6.45) is 9.49. The van der Waals surface area contributed by atoms with Crippen LogP contribution in [0.15, 0.2) is 17.7 Å². The fourth-order valence-corrected chi connectivity index (χ4v) is 23.6. The summed E-state index contributed by atoms with van der Waals surface area (Å²) in [5, 5.41) is 9.30. The zero-order valence-corrected chi connectivity index (χ0v) is 21.1. The van der Waals surface area contributed by atoms with E-state index < -0.39 is 24.3 Å². The van der Waals surface area contributed by atoms with Crippen LogP contribution in [0.5, 0.6) is 0 Å². The molecule has 0 radical (unpaired) electrons. The van der Waals surface area contributed by atoms with Crippen molar-refractivity contribution < 1.29 is 9.53 Å². The van der Waals surface area contributed by atoms with Gasteiger partial charge in [-0.05, 0) is 0 Å². The van der Waals surface area contributed by atoms with Gasteiger partial charge in [0.05, 0.1) is 0 Å². The molecule has 0 saturated carbocycles. The summed E-state index contributed by atoms with van der Waals surface area (Å²) < 4.78 is 10.9. The molecule has 0 fully saturated rings. The van der Waals surface area contributed by atoms with Gasteiger partial charge in [-0.2, -0.15) is 0 Å². The van der Waals surface area contributed by atoms with Gasteiger partial charge in [-0.15, -0.1) is 0 Å². The molecule has 3 nitrogen and oxygen atoms in total. The molecule has 0 bridgehead atoms. The Morgan fingerprint density at radius 3 is 2.07 bits per heavy atom. The van der Waals surface area contributed by atoms with Crippen LogP contribution in [-0.2, 0) is 9.53 Å². The molecule has 1 rings (SSSR count). The van der Waals surface area contributed by atoms with Gasteiger partial charge in [-0.3, -0.25) is 0 Å². The third-order valence-corrected chi connectivity index (χ3v) is 24.4. The number of rotatable bonds is 13. The normalized spacial score (nSPS) is 12.0. The third kappa shape index (κ3) is 7.62. The molecule has 150 valence electrons. The number of hydrogen-bond acceptors (Lipinski definition) is 4. The number of carbonyl (C=O) groups is 1. The van der Waals surface area contributed by atoms with Gasteiger partial charge in [0.15, 0.2) is 0 Å². The fourth-order valence-electron chi connectivity index (χ4n) is 3.49. The van der Waals surface area contributed by atoms with Crippen LogP contribution in [-0.4, -0.2) is 31.0 Å². The second-order valence-electron chi connectivity index (χ2n) is 7.18. The summed E-state index contributed by atoms with van der Waals surface area (Å²) in [5.74, 6) is -0.521. The van der Waals surface area contributed by atoms with Crippen molar-refractivity contribution in [1.82, 2.24) is 0 Å². The Bertz CT molecular complexity index is 623. The zero-order valence-electron chi connectivity index (χ0n) is 17.5. The number of nitrogens with zero attached hydrogens (tertiary/aromatic N) is 1. The van der Waals surface area contributed by atoms with E-state index in [0.717, 1.165) is 4.88 Å². The first-order valence-corrected chi connectivity index (χ1v) is 18.8. The molecule has 0 spiro atoms. The molecule has 1 aromatic heterocycles. The Labute approximate surface area is 173 Å². The van der Waals surface area contributed by atoms with E-state index in [1.54, 1.807) is 15.9 Å². The number of ether oxygens (including phenoxy) is 1. The molecule has 1 heterocycles. The van der Waals surface area contributed by atoms with Gasteiger partial charge in [-0.25, -0.2) is 0 Å². The van der Waals surface area contributed by atoms with E-state index in [4.69, 9.17) is 4.74 Å². The number of esters is 1. The summed E-state index contributed by atoms with van der Waals surface area (Å²) in [6, 6.07) is 6.41. The van der Waals surface area contributed by atoms with Gasteiger partial charge >= 0.3 is 174 Å². The predicted octanol–water partition coefficient (Wildman–Crippen LogP) is 6.27. The van der Waals surface area contributed by atoms with Gasteiger partial charge < -0.3 is 0 Å². The maximum atomic E-state index is 11.9. The number of thiophene rings is 1. The number of nitriles is 1. The van der Waals surface area contributed by atoms with Crippen LogP contribution in [0.3, 0.4) is 0 Å². The van der Waals surface area contributed by atoms with E-state index in [1.165, 1.54) is 51.8 Å². The average molecular weight is 496 g/mol. The molecule has 0 amide bonds. The van der Waals surface area contributed by atoms with Crippen molar-refractivity contribution in [2.24, 2.45) is 0 Å². The molecule has 5 heteroatoms. The van der Waals surface area contributed by atoms with Gasteiger partial charge in [0, 0.05) is 0 Å². The molecule has 0 saturated heterocycles. The van der Waals surface area contributed by atoms with Crippen LogP contribution in [0, 0.1) is 11.3 Å². The Kier molecular flexibility index (Phi) is 12.0. The van der Waals surface area contributed by atoms with Crippen molar-refractivity contribution in [3.8, 4) is 6.07 Å². The summed E-state index contributed by atoms with van der Waals surface area (Å²) in [5.41, 5.74) is 0.0988. The van der Waals surface area contributed by atoms with Crippen molar-refractivity contribution in [2.75, 3.05) is 6.61 Å². The first kappa shape index (κ1) is 24.2. The molecule has 0 aliphatic carbocycles. The molecule has 0 aliphatic heterocycles. The van der Waals surface area contributed by atoms with Crippen LogP contribution in [0.4, 0.5) is 0 Å².